The highest BCUT2D eigenvalue weighted by molar-refractivity contribution is 5.70. The number of unbranched alkanes of at least 4 members (excludes halogenated alkanes) is 16. The molecule has 0 bridgehead atoms. The van der Waals surface area contributed by atoms with Crippen LogP contribution in [0.3, 0.4) is 0 Å². The molecule has 0 aliphatic carbocycles. The second-order valence-electron chi connectivity index (χ2n) is 12.7. The van der Waals surface area contributed by atoms with E-state index in [1.807, 2.05) is 0 Å². The van der Waals surface area contributed by atoms with Crippen LogP contribution in [0.25, 0.3) is 0 Å². The molecule has 1 fully saturated rings. The van der Waals surface area contributed by atoms with Crippen LogP contribution in [0.1, 0.15) is 163 Å². The Morgan fingerprint density at radius 2 is 1.03 bits per heavy atom. The maximum absolute atomic E-state index is 12.1. The van der Waals surface area contributed by atoms with Gasteiger partial charge in [0.1, 0.15) is 0 Å². The Morgan fingerprint density at radius 3 is 1.35 bits per heavy atom. The van der Waals surface area contributed by atoms with Crippen molar-refractivity contribution in [2.75, 3.05) is 7.05 Å². The first-order valence-corrected chi connectivity index (χ1v) is 15.1. The molecule has 3 heteroatoms. The van der Waals surface area contributed by atoms with Gasteiger partial charge < -0.3 is 5.11 Å². The third kappa shape index (κ3) is 12.4. The largest absolute Gasteiger partial charge is 0.481 e. The van der Waals surface area contributed by atoms with E-state index in [9.17, 15) is 9.90 Å². The SMILES string of the molecule is CCCCCCCCCCCCCCCCCCCC(C(=O)O)C1CC(C)(C)N(C)C(C)(C)C1. The quantitative estimate of drug-likeness (QED) is 0.177. The van der Waals surface area contributed by atoms with Gasteiger partial charge in [0.15, 0.2) is 0 Å². The monoisotopic (exact) mass is 479 g/mol. The molecule has 0 radical (unpaired) electrons. The fourth-order valence-electron chi connectivity index (χ4n) is 6.38. The zero-order chi connectivity index (χ0) is 25.5. The minimum atomic E-state index is -0.572. The molecule has 1 heterocycles. The van der Waals surface area contributed by atoms with Gasteiger partial charge in [-0.2, -0.15) is 0 Å². The summed E-state index contributed by atoms with van der Waals surface area (Å²) in [6.45, 7) is 11.4. The summed E-state index contributed by atoms with van der Waals surface area (Å²) in [7, 11) is 2.20. The van der Waals surface area contributed by atoms with E-state index in [0.717, 1.165) is 25.7 Å². The lowest BCUT2D eigenvalue weighted by Crippen LogP contribution is -2.59. The van der Waals surface area contributed by atoms with E-state index in [0.29, 0.717) is 5.92 Å². The van der Waals surface area contributed by atoms with Gasteiger partial charge in [-0.05, 0) is 59.9 Å². The Morgan fingerprint density at radius 1 is 0.706 bits per heavy atom. The van der Waals surface area contributed by atoms with E-state index >= 15 is 0 Å². The van der Waals surface area contributed by atoms with Crippen LogP contribution in [-0.2, 0) is 4.79 Å². The smallest absolute Gasteiger partial charge is 0.306 e. The Bertz CT molecular complexity index is 510. The third-order valence-corrected chi connectivity index (χ3v) is 8.84. The van der Waals surface area contributed by atoms with E-state index in [1.165, 1.54) is 103 Å². The number of likely N-dealkylation sites (tertiary alicyclic amines) is 1. The molecule has 0 spiro atoms. The van der Waals surface area contributed by atoms with Gasteiger partial charge in [-0.15, -0.1) is 0 Å². The molecule has 1 aliphatic rings. The zero-order valence-corrected chi connectivity index (χ0v) is 24.1. The Labute approximate surface area is 213 Å². The number of piperidine rings is 1. The van der Waals surface area contributed by atoms with Gasteiger partial charge in [0.2, 0.25) is 0 Å². The number of nitrogens with zero attached hydrogens (tertiary/aromatic N) is 1. The van der Waals surface area contributed by atoms with Crippen molar-refractivity contribution in [1.29, 1.82) is 0 Å². The maximum atomic E-state index is 12.1. The van der Waals surface area contributed by atoms with Crippen LogP contribution < -0.4 is 0 Å². The summed E-state index contributed by atoms with van der Waals surface area (Å²) in [5.41, 5.74) is 0.128. The summed E-state index contributed by atoms with van der Waals surface area (Å²) in [5.74, 6) is -0.457. The molecule has 0 saturated carbocycles. The Kier molecular flexibility index (Phi) is 15.7. The van der Waals surface area contributed by atoms with Crippen molar-refractivity contribution in [3.8, 4) is 0 Å². The summed E-state index contributed by atoms with van der Waals surface area (Å²) in [5, 5.41) is 9.95. The second-order valence-corrected chi connectivity index (χ2v) is 12.7. The fourth-order valence-corrected chi connectivity index (χ4v) is 6.38. The van der Waals surface area contributed by atoms with E-state index in [4.69, 9.17) is 0 Å². The first-order valence-electron chi connectivity index (χ1n) is 15.1. The summed E-state index contributed by atoms with van der Waals surface area (Å²) >= 11 is 0. The first-order chi connectivity index (χ1) is 16.1. The summed E-state index contributed by atoms with van der Waals surface area (Å²) in [6, 6.07) is 0. The van der Waals surface area contributed by atoms with Gasteiger partial charge in [0.25, 0.3) is 0 Å². The van der Waals surface area contributed by atoms with E-state index < -0.39 is 5.97 Å². The van der Waals surface area contributed by atoms with Crippen LogP contribution >= 0.6 is 0 Å². The highest BCUT2D eigenvalue weighted by Crippen LogP contribution is 2.44. The normalized spacial score (nSPS) is 19.4. The number of hydrogen-bond donors (Lipinski definition) is 1. The topological polar surface area (TPSA) is 40.5 Å². The number of hydrogen-bond acceptors (Lipinski definition) is 2. The third-order valence-electron chi connectivity index (χ3n) is 8.84. The van der Waals surface area contributed by atoms with Crippen LogP contribution in [0.2, 0.25) is 0 Å². The van der Waals surface area contributed by atoms with Crippen LogP contribution in [0.5, 0.6) is 0 Å². The molecule has 1 N–H and O–H groups in total. The number of carbonyl (C=O) groups is 1. The van der Waals surface area contributed by atoms with Gasteiger partial charge in [0, 0.05) is 11.1 Å². The van der Waals surface area contributed by atoms with Crippen molar-refractivity contribution in [1.82, 2.24) is 4.90 Å². The number of rotatable bonds is 20. The molecule has 3 nitrogen and oxygen atoms in total. The highest BCUT2D eigenvalue weighted by atomic mass is 16.4. The van der Waals surface area contributed by atoms with Gasteiger partial charge in [0.05, 0.1) is 5.92 Å². The summed E-state index contributed by atoms with van der Waals surface area (Å²) in [6.07, 6.45) is 26.1. The molecule has 1 rings (SSSR count). The van der Waals surface area contributed by atoms with Crippen molar-refractivity contribution in [2.45, 2.75) is 174 Å². The van der Waals surface area contributed by atoms with Crippen LogP contribution in [0.15, 0.2) is 0 Å². The highest BCUT2D eigenvalue weighted by Gasteiger charge is 2.46. The minimum Gasteiger partial charge on any atom is -0.481 e. The van der Waals surface area contributed by atoms with E-state index in [1.54, 1.807) is 0 Å². The summed E-state index contributed by atoms with van der Waals surface area (Å²) in [4.78, 5) is 14.5. The van der Waals surface area contributed by atoms with Crippen molar-refractivity contribution in [3.05, 3.63) is 0 Å². The molecule has 0 aromatic carbocycles. The Hall–Kier alpha value is -0.570. The van der Waals surface area contributed by atoms with E-state index in [2.05, 4.69) is 46.6 Å². The predicted molar refractivity (Wildman–Crippen MR) is 149 cm³/mol. The van der Waals surface area contributed by atoms with Crippen molar-refractivity contribution < 1.29 is 9.90 Å². The van der Waals surface area contributed by atoms with Gasteiger partial charge in [-0.25, -0.2) is 0 Å². The first kappa shape index (κ1) is 31.5. The molecule has 0 amide bonds. The molecule has 1 unspecified atom stereocenters. The maximum Gasteiger partial charge on any atom is 0.306 e. The molecule has 0 aromatic heterocycles. The lowest BCUT2D eigenvalue weighted by atomic mass is 9.68. The Balaban J connectivity index is 2.06. The minimum absolute atomic E-state index is 0.0639. The van der Waals surface area contributed by atoms with Crippen LogP contribution in [0, 0.1) is 11.8 Å². The lowest BCUT2D eigenvalue weighted by Gasteiger charge is -2.54. The zero-order valence-electron chi connectivity index (χ0n) is 24.1. The van der Waals surface area contributed by atoms with Gasteiger partial charge >= 0.3 is 5.97 Å². The number of carboxylic acids is 1. The van der Waals surface area contributed by atoms with Gasteiger partial charge in [-0.3, -0.25) is 9.69 Å². The molecular formula is C31H61NO2. The lowest BCUT2D eigenvalue weighted by molar-refractivity contribution is -0.147. The van der Waals surface area contributed by atoms with E-state index in [-0.39, 0.29) is 17.0 Å². The van der Waals surface area contributed by atoms with Crippen molar-refractivity contribution >= 4 is 5.97 Å². The second kappa shape index (κ2) is 17.0. The van der Waals surface area contributed by atoms with Crippen LogP contribution in [0.4, 0.5) is 0 Å². The molecule has 1 saturated heterocycles. The molecule has 0 aromatic rings. The molecule has 34 heavy (non-hydrogen) atoms. The molecule has 1 atom stereocenters. The van der Waals surface area contributed by atoms with Crippen LogP contribution in [-0.4, -0.2) is 34.1 Å². The number of aliphatic carboxylic acids is 1. The standard InChI is InChI=1S/C31H61NO2/c1-7-8-9-10-11-12-13-14-15-16-17-18-19-20-21-22-23-24-28(29(33)34)27-25-30(2,3)32(6)31(4,5)26-27/h27-28H,7-26H2,1-6H3,(H,33,34). The van der Waals surface area contributed by atoms with Gasteiger partial charge in [-0.1, -0.05) is 116 Å². The molecule has 202 valence electrons. The summed E-state index contributed by atoms with van der Waals surface area (Å²) < 4.78 is 0. The molecular weight excluding hydrogens is 418 g/mol. The molecule has 1 aliphatic heterocycles. The van der Waals surface area contributed by atoms with Crippen molar-refractivity contribution in [2.24, 2.45) is 11.8 Å². The fraction of sp³-hybridized carbons (Fsp3) is 0.968. The van der Waals surface area contributed by atoms with Crippen molar-refractivity contribution in [3.63, 3.8) is 0 Å². The average molecular weight is 480 g/mol. The average Bonchev–Trinajstić information content (AvgIpc) is 2.76. The number of carboxylic acid groups (broad SMARTS) is 1. The predicted octanol–water partition coefficient (Wildman–Crippen LogP) is 9.63.